The summed E-state index contributed by atoms with van der Waals surface area (Å²) in [4.78, 5) is 48.9. The summed E-state index contributed by atoms with van der Waals surface area (Å²) in [6, 6.07) is 9.32. The molecule has 42 heavy (non-hydrogen) atoms. The molecular weight excluding hydrogens is 546 g/mol. The molecule has 1 aromatic rings. The Morgan fingerprint density at radius 1 is 1.05 bits per heavy atom. The second-order valence-electron chi connectivity index (χ2n) is 12.1. The number of hydrogen-bond donors (Lipinski definition) is 1. The van der Waals surface area contributed by atoms with E-state index in [0.29, 0.717) is 45.6 Å². The Balaban J connectivity index is 1.69. The summed E-state index contributed by atoms with van der Waals surface area (Å²) in [5, 5.41) is 9.33. The first-order valence-corrected chi connectivity index (χ1v) is 16.7. The van der Waals surface area contributed by atoms with Crippen LogP contribution in [0.3, 0.4) is 0 Å². The second kappa shape index (κ2) is 14.7. The van der Waals surface area contributed by atoms with E-state index in [1.54, 1.807) is 23.9 Å². The van der Waals surface area contributed by atoms with Crippen molar-refractivity contribution in [3.05, 3.63) is 61.2 Å². The summed E-state index contributed by atoms with van der Waals surface area (Å²) >= 11 is 1.74. The van der Waals surface area contributed by atoms with Crippen LogP contribution in [-0.4, -0.2) is 86.4 Å². The number of unbranched alkanes of at least 4 members (excludes halogenated alkanes) is 4. The van der Waals surface area contributed by atoms with E-state index in [2.05, 4.69) is 27.0 Å². The van der Waals surface area contributed by atoms with Crippen molar-refractivity contribution >= 4 is 29.5 Å². The second-order valence-corrected chi connectivity index (χ2v) is 13.7. The van der Waals surface area contributed by atoms with Gasteiger partial charge >= 0.3 is 0 Å². The van der Waals surface area contributed by atoms with Crippen LogP contribution in [0.4, 0.5) is 0 Å². The lowest BCUT2D eigenvalue weighted by Crippen LogP contribution is -2.57. The van der Waals surface area contributed by atoms with Crippen molar-refractivity contribution in [1.82, 2.24) is 14.7 Å². The van der Waals surface area contributed by atoms with Crippen molar-refractivity contribution in [3.8, 4) is 0 Å². The van der Waals surface area contributed by atoms with Crippen molar-refractivity contribution in [3.63, 3.8) is 0 Å². The van der Waals surface area contributed by atoms with Crippen LogP contribution < -0.4 is 0 Å². The molecule has 3 saturated heterocycles. The Bertz CT molecular complexity index is 1110. The van der Waals surface area contributed by atoms with E-state index in [4.69, 9.17) is 0 Å². The number of nitrogens with zero attached hydrogens (tertiary/aromatic N) is 3. The van der Waals surface area contributed by atoms with E-state index in [-0.39, 0.29) is 35.5 Å². The average Bonchev–Trinajstić information content (AvgIpc) is 3.58. The van der Waals surface area contributed by atoms with E-state index in [9.17, 15) is 19.5 Å². The number of aliphatic hydroxyl groups excluding tert-OH is 1. The summed E-state index contributed by atoms with van der Waals surface area (Å²) in [6.07, 6.45) is 9.50. The molecule has 4 rings (SSSR count). The van der Waals surface area contributed by atoms with Gasteiger partial charge in [0.15, 0.2) is 0 Å². The van der Waals surface area contributed by atoms with E-state index >= 15 is 0 Å². The Hall–Kier alpha value is -2.58. The molecule has 2 bridgehead atoms. The van der Waals surface area contributed by atoms with Crippen LogP contribution in [0.1, 0.15) is 64.4 Å². The van der Waals surface area contributed by atoms with Gasteiger partial charge in [0, 0.05) is 44.6 Å². The molecule has 3 amide bonds. The summed E-state index contributed by atoms with van der Waals surface area (Å²) < 4.78 is -0.632. The molecule has 230 valence electrons. The van der Waals surface area contributed by atoms with Crippen molar-refractivity contribution in [2.24, 2.45) is 17.8 Å². The highest BCUT2D eigenvalue weighted by Crippen LogP contribution is 2.69. The molecule has 1 aromatic carbocycles. The largest absolute Gasteiger partial charge is 0.396 e. The maximum atomic E-state index is 14.5. The summed E-state index contributed by atoms with van der Waals surface area (Å²) in [5.74, 6) is -0.937. The first kappa shape index (κ1) is 32.3. The summed E-state index contributed by atoms with van der Waals surface area (Å²) in [5.41, 5.74) is 1.04. The molecule has 8 heteroatoms. The third kappa shape index (κ3) is 6.21. The van der Waals surface area contributed by atoms with E-state index in [1.807, 2.05) is 45.0 Å². The Morgan fingerprint density at radius 2 is 1.76 bits per heavy atom. The highest BCUT2D eigenvalue weighted by molar-refractivity contribution is 8.02. The van der Waals surface area contributed by atoms with Crippen molar-refractivity contribution in [1.29, 1.82) is 0 Å². The van der Waals surface area contributed by atoms with Gasteiger partial charge in [0.05, 0.1) is 16.6 Å². The SMILES string of the molecule is C=CCN(CCCCC)C(=O)C1N(CCCCCO)C(=O)[C@@H]2[C@H](C(=O)N(CC=C)Cc3ccccc3)[C@@H]3CC(C)C12S3. The zero-order valence-electron chi connectivity index (χ0n) is 25.5. The number of rotatable bonds is 17. The normalized spacial score (nSPS) is 27.6. The lowest BCUT2D eigenvalue weighted by Gasteiger charge is -2.41. The molecule has 0 aliphatic carbocycles. The molecule has 7 nitrogen and oxygen atoms in total. The number of carbonyl (C=O) groups is 3. The van der Waals surface area contributed by atoms with Gasteiger partial charge in [0.2, 0.25) is 17.7 Å². The number of aliphatic hydroxyl groups is 1. The monoisotopic (exact) mass is 595 g/mol. The van der Waals surface area contributed by atoms with Crippen LogP contribution in [0.2, 0.25) is 0 Å². The Kier molecular flexibility index (Phi) is 11.3. The number of thioether (sulfide) groups is 1. The van der Waals surface area contributed by atoms with Gasteiger partial charge in [-0.2, -0.15) is 0 Å². The Labute approximate surface area is 256 Å². The zero-order chi connectivity index (χ0) is 30.3. The molecule has 0 saturated carbocycles. The van der Waals surface area contributed by atoms with Crippen molar-refractivity contribution in [2.75, 3.05) is 32.8 Å². The van der Waals surface area contributed by atoms with Crippen LogP contribution in [0.25, 0.3) is 0 Å². The molecule has 3 aliphatic rings. The highest BCUT2D eigenvalue weighted by atomic mass is 32.2. The summed E-state index contributed by atoms with van der Waals surface area (Å²) in [6.45, 7) is 14.7. The molecule has 3 fully saturated rings. The molecule has 6 atom stereocenters. The molecule has 0 radical (unpaired) electrons. The van der Waals surface area contributed by atoms with Gasteiger partial charge < -0.3 is 19.8 Å². The minimum atomic E-state index is -0.632. The number of amides is 3. The standard InChI is InChI=1S/C34H49N3O4S/c1-5-8-13-20-35(18-6-2)33(41)30-34-25(4)23-27(42-34)28(29(34)32(40)37(30)21-14-10-15-22-38)31(39)36(19-7-3)24-26-16-11-9-12-17-26/h6-7,9,11-12,16-17,25,27-30,38H,2-3,5,8,10,13-15,18-24H2,1,4H3/t25?,27-,28+,29-,30?,34?/m0/s1. The zero-order valence-corrected chi connectivity index (χ0v) is 26.3. The van der Waals surface area contributed by atoms with Crippen LogP contribution >= 0.6 is 11.8 Å². The fraction of sp³-hybridized carbons (Fsp3) is 0.618. The van der Waals surface area contributed by atoms with Crippen LogP contribution in [0.15, 0.2) is 55.6 Å². The van der Waals surface area contributed by atoms with Gasteiger partial charge in [0.1, 0.15) is 6.04 Å². The van der Waals surface area contributed by atoms with Gasteiger partial charge in [-0.1, -0.05) is 69.2 Å². The first-order chi connectivity index (χ1) is 20.3. The molecule has 3 unspecified atom stereocenters. The predicted molar refractivity (Wildman–Crippen MR) is 170 cm³/mol. The fourth-order valence-electron chi connectivity index (χ4n) is 7.47. The average molecular weight is 596 g/mol. The highest BCUT2D eigenvalue weighted by Gasteiger charge is 2.76. The van der Waals surface area contributed by atoms with E-state index < -0.39 is 22.6 Å². The number of benzene rings is 1. The molecular formula is C34H49N3O4S. The fourth-order valence-corrected chi connectivity index (χ4v) is 9.88. The molecule has 3 aliphatic heterocycles. The van der Waals surface area contributed by atoms with Gasteiger partial charge in [0.25, 0.3) is 0 Å². The van der Waals surface area contributed by atoms with Gasteiger partial charge in [-0.15, -0.1) is 24.9 Å². The molecule has 1 spiro atoms. The third-order valence-electron chi connectivity index (χ3n) is 9.39. The Morgan fingerprint density at radius 3 is 2.43 bits per heavy atom. The van der Waals surface area contributed by atoms with E-state index in [0.717, 1.165) is 37.7 Å². The summed E-state index contributed by atoms with van der Waals surface area (Å²) in [7, 11) is 0. The maximum absolute atomic E-state index is 14.5. The van der Waals surface area contributed by atoms with Crippen LogP contribution in [-0.2, 0) is 20.9 Å². The maximum Gasteiger partial charge on any atom is 0.247 e. The third-order valence-corrected chi connectivity index (χ3v) is 11.5. The smallest absolute Gasteiger partial charge is 0.247 e. The first-order valence-electron chi connectivity index (χ1n) is 15.8. The molecule has 1 N–H and O–H groups in total. The number of fused-ring (bicyclic) bond motifs is 1. The quantitative estimate of drug-likeness (QED) is 0.205. The minimum absolute atomic E-state index is 0.00400. The van der Waals surface area contributed by atoms with E-state index in [1.165, 1.54) is 0 Å². The van der Waals surface area contributed by atoms with Crippen molar-refractivity contribution in [2.45, 2.75) is 81.4 Å². The number of carbonyl (C=O) groups excluding carboxylic acids is 3. The minimum Gasteiger partial charge on any atom is -0.396 e. The van der Waals surface area contributed by atoms with Gasteiger partial charge in [-0.25, -0.2) is 0 Å². The van der Waals surface area contributed by atoms with Gasteiger partial charge in [-0.3, -0.25) is 14.4 Å². The lowest BCUT2D eigenvalue weighted by molar-refractivity contribution is -0.145. The number of likely N-dealkylation sites (tertiary alicyclic amines) is 1. The molecule has 3 heterocycles. The lowest BCUT2D eigenvalue weighted by atomic mass is 9.65. The van der Waals surface area contributed by atoms with Gasteiger partial charge in [-0.05, 0) is 43.6 Å². The molecule has 0 aromatic heterocycles. The van der Waals surface area contributed by atoms with Crippen molar-refractivity contribution < 1.29 is 19.5 Å². The number of hydrogen-bond acceptors (Lipinski definition) is 5. The predicted octanol–water partition coefficient (Wildman–Crippen LogP) is 4.91. The van der Waals surface area contributed by atoms with Crippen LogP contribution in [0, 0.1) is 17.8 Å². The van der Waals surface area contributed by atoms with Crippen LogP contribution in [0.5, 0.6) is 0 Å². The topological polar surface area (TPSA) is 81.2 Å².